The molecule has 0 bridgehead atoms. The molecule has 0 radical (unpaired) electrons. The highest BCUT2D eigenvalue weighted by Gasteiger charge is 2.25. The molecule has 0 unspecified atom stereocenters. The minimum atomic E-state index is -3.65. The second kappa shape index (κ2) is 8.70. The topological polar surface area (TPSA) is 84.9 Å². The number of nitrogens with one attached hydrogen (secondary N) is 1. The van der Waals surface area contributed by atoms with Crippen LogP contribution in [0.1, 0.15) is 12.5 Å². The first-order chi connectivity index (χ1) is 13.4. The largest absolute Gasteiger partial charge is 0.454 e. The van der Waals surface area contributed by atoms with Gasteiger partial charge in [-0.05, 0) is 43.2 Å². The lowest BCUT2D eigenvalue weighted by Gasteiger charge is -2.23. The molecule has 7 nitrogen and oxygen atoms in total. The van der Waals surface area contributed by atoms with Crippen LogP contribution in [-0.2, 0) is 21.2 Å². The van der Waals surface area contributed by atoms with Crippen molar-refractivity contribution < 1.29 is 22.7 Å². The number of ether oxygens (including phenoxy) is 2. The average Bonchev–Trinajstić information content (AvgIpc) is 3.15. The van der Waals surface area contributed by atoms with E-state index in [2.05, 4.69) is 5.32 Å². The molecule has 28 heavy (non-hydrogen) atoms. The molecule has 1 aliphatic heterocycles. The zero-order valence-corrected chi connectivity index (χ0v) is 16.9. The Balaban J connectivity index is 1.66. The van der Waals surface area contributed by atoms with E-state index in [0.717, 1.165) is 9.87 Å². The van der Waals surface area contributed by atoms with E-state index in [9.17, 15) is 13.2 Å². The van der Waals surface area contributed by atoms with Gasteiger partial charge in [0.15, 0.2) is 11.5 Å². The number of benzene rings is 2. The fourth-order valence-corrected chi connectivity index (χ4v) is 3.92. The molecule has 0 aliphatic carbocycles. The molecule has 3 rings (SSSR count). The normalized spacial score (nSPS) is 12.6. The highest BCUT2D eigenvalue weighted by molar-refractivity contribution is 7.92. The highest BCUT2D eigenvalue weighted by Crippen LogP contribution is 2.36. The molecule has 0 saturated carbocycles. The van der Waals surface area contributed by atoms with E-state index in [1.807, 2.05) is 12.1 Å². The molecule has 0 fully saturated rings. The van der Waals surface area contributed by atoms with Gasteiger partial charge in [0.05, 0.1) is 11.4 Å². The van der Waals surface area contributed by atoms with Crippen LogP contribution in [0.3, 0.4) is 0 Å². The molecule has 1 amide bonds. The Morgan fingerprint density at radius 1 is 1.14 bits per heavy atom. The summed E-state index contributed by atoms with van der Waals surface area (Å²) in [5, 5.41) is 3.41. The Kier molecular flexibility index (Phi) is 6.31. The molecule has 150 valence electrons. The fourth-order valence-electron chi connectivity index (χ4n) is 2.73. The van der Waals surface area contributed by atoms with Crippen LogP contribution >= 0.6 is 11.6 Å². The summed E-state index contributed by atoms with van der Waals surface area (Å²) in [6.45, 7) is 1.70. The standard InChI is InChI=1S/C19H21ClN2O5S/c1-2-28(24,25)22(16-7-8-17-18(11-16)27-13-26-17)12-19(23)21-10-9-14-3-5-15(20)6-4-14/h3-8,11H,2,9-10,12-13H2,1H3,(H,21,23). The molecular weight excluding hydrogens is 404 g/mol. The van der Waals surface area contributed by atoms with Gasteiger partial charge < -0.3 is 14.8 Å². The van der Waals surface area contributed by atoms with Gasteiger partial charge in [-0.15, -0.1) is 0 Å². The molecular formula is C19H21ClN2O5S. The van der Waals surface area contributed by atoms with Gasteiger partial charge in [-0.2, -0.15) is 0 Å². The van der Waals surface area contributed by atoms with Crippen molar-refractivity contribution in [2.24, 2.45) is 0 Å². The number of nitrogens with zero attached hydrogens (tertiary/aromatic N) is 1. The Morgan fingerprint density at radius 3 is 2.57 bits per heavy atom. The molecule has 1 heterocycles. The first-order valence-corrected chi connectivity index (χ1v) is 10.8. The van der Waals surface area contributed by atoms with Crippen molar-refractivity contribution in [2.45, 2.75) is 13.3 Å². The third-order valence-corrected chi connectivity index (χ3v) is 6.27. The van der Waals surface area contributed by atoms with Crippen molar-refractivity contribution in [2.75, 3.05) is 29.9 Å². The Bertz CT molecular complexity index is 947. The molecule has 9 heteroatoms. The Morgan fingerprint density at radius 2 is 1.86 bits per heavy atom. The molecule has 1 N–H and O–H groups in total. The molecule has 2 aromatic carbocycles. The number of amides is 1. The number of hydrogen-bond donors (Lipinski definition) is 1. The van der Waals surface area contributed by atoms with E-state index >= 15 is 0 Å². The monoisotopic (exact) mass is 424 g/mol. The van der Waals surface area contributed by atoms with Crippen molar-refractivity contribution in [1.29, 1.82) is 0 Å². The van der Waals surface area contributed by atoms with Gasteiger partial charge in [-0.25, -0.2) is 8.42 Å². The minimum Gasteiger partial charge on any atom is -0.454 e. The fraction of sp³-hybridized carbons (Fsp3) is 0.316. The smallest absolute Gasteiger partial charge is 0.240 e. The van der Waals surface area contributed by atoms with Crippen LogP contribution in [-0.4, -0.2) is 40.0 Å². The lowest BCUT2D eigenvalue weighted by atomic mass is 10.1. The number of anilines is 1. The third kappa shape index (κ3) is 4.88. The number of sulfonamides is 1. The zero-order chi connectivity index (χ0) is 20.1. The zero-order valence-electron chi connectivity index (χ0n) is 15.4. The van der Waals surface area contributed by atoms with Gasteiger partial charge in [0.25, 0.3) is 0 Å². The summed E-state index contributed by atoms with van der Waals surface area (Å²) in [4.78, 5) is 12.4. The van der Waals surface area contributed by atoms with E-state index in [0.29, 0.717) is 35.2 Å². The van der Waals surface area contributed by atoms with Crippen LogP contribution in [0.15, 0.2) is 42.5 Å². The lowest BCUT2D eigenvalue weighted by Crippen LogP contribution is -2.42. The van der Waals surface area contributed by atoms with Crippen molar-refractivity contribution in [3.63, 3.8) is 0 Å². The summed E-state index contributed by atoms with van der Waals surface area (Å²) in [6, 6.07) is 12.1. The van der Waals surface area contributed by atoms with Crippen LogP contribution < -0.4 is 19.1 Å². The highest BCUT2D eigenvalue weighted by atomic mass is 35.5. The summed E-state index contributed by atoms with van der Waals surface area (Å²) in [5.74, 6) is 0.491. The third-order valence-electron chi connectivity index (χ3n) is 4.28. The number of carbonyl (C=O) groups excluding carboxylic acids is 1. The van der Waals surface area contributed by atoms with Crippen LogP contribution in [0.5, 0.6) is 11.5 Å². The van der Waals surface area contributed by atoms with E-state index in [1.54, 1.807) is 30.3 Å². The van der Waals surface area contributed by atoms with Gasteiger partial charge in [-0.1, -0.05) is 23.7 Å². The predicted molar refractivity (Wildman–Crippen MR) is 108 cm³/mol. The van der Waals surface area contributed by atoms with E-state index in [4.69, 9.17) is 21.1 Å². The van der Waals surface area contributed by atoms with Crippen LogP contribution in [0.4, 0.5) is 5.69 Å². The van der Waals surface area contributed by atoms with Crippen molar-refractivity contribution in [1.82, 2.24) is 5.32 Å². The van der Waals surface area contributed by atoms with E-state index in [1.165, 1.54) is 6.92 Å². The van der Waals surface area contributed by atoms with E-state index < -0.39 is 10.0 Å². The molecule has 2 aromatic rings. The van der Waals surface area contributed by atoms with Gasteiger partial charge >= 0.3 is 0 Å². The van der Waals surface area contributed by atoms with Gasteiger partial charge in [0.1, 0.15) is 6.54 Å². The molecule has 1 aliphatic rings. The van der Waals surface area contributed by atoms with E-state index in [-0.39, 0.29) is 25.0 Å². The van der Waals surface area contributed by atoms with Crippen molar-refractivity contribution in [3.05, 3.63) is 53.1 Å². The summed E-state index contributed by atoms with van der Waals surface area (Å²) < 4.78 is 36.7. The molecule has 0 aromatic heterocycles. The van der Waals surface area contributed by atoms with Gasteiger partial charge in [0.2, 0.25) is 22.7 Å². The summed E-state index contributed by atoms with van der Waals surface area (Å²) in [7, 11) is -3.65. The Hall–Kier alpha value is -2.45. The average molecular weight is 425 g/mol. The number of hydrogen-bond acceptors (Lipinski definition) is 5. The first-order valence-electron chi connectivity index (χ1n) is 8.80. The van der Waals surface area contributed by atoms with Crippen LogP contribution in [0, 0.1) is 0 Å². The molecule has 0 saturated heterocycles. The number of rotatable bonds is 8. The van der Waals surface area contributed by atoms with Crippen molar-refractivity contribution in [3.8, 4) is 11.5 Å². The first kappa shape index (κ1) is 20.3. The summed E-state index contributed by atoms with van der Waals surface area (Å²) >= 11 is 5.85. The quantitative estimate of drug-likeness (QED) is 0.704. The van der Waals surface area contributed by atoms with Crippen molar-refractivity contribution >= 4 is 33.2 Å². The maximum Gasteiger partial charge on any atom is 0.240 e. The Labute approximate surface area is 169 Å². The predicted octanol–water partition coefficient (Wildman–Crippen LogP) is 2.58. The van der Waals surface area contributed by atoms with Crippen LogP contribution in [0.25, 0.3) is 0 Å². The maximum atomic E-state index is 12.5. The maximum absolute atomic E-state index is 12.5. The summed E-state index contributed by atoms with van der Waals surface area (Å²) in [5.41, 5.74) is 1.39. The number of fused-ring (bicyclic) bond motifs is 1. The number of halogens is 1. The SMILES string of the molecule is CCS(=O)(=O)N(CC(=O)NCCc1ccc(Cl)cc1)c1ccc2c(c1)OCO2. The van der Waals surface area contributed by atoms with Crippen LogP contribution in [0.2, 0.25) is 5.02 Å². The number of carbonyl (C=O) groups is 1. The lowest BCUT2D eigenvalue weighted by molar-refractivity contribution is -0.119. The van der Waals surface area contributed by atoms with Gasteiger partial charge in [0, 0.05) is 17.6 Å². The second-order valence-electron chi connectivity index (χ2n) is 6.17. The molecule has 0 atom stereocenters. The second-order valence-corrected chi connectivity index (χ2v) is 8.79. The minimum absolute atomic E-state index is 0.0878. The van der Waals surface area contributed by atoms with Gasteiger partial charge in [-0.3, -0.25) is 9.10 Å². The summed E-state index contributed by atoms with van der Waals surface area (Å²) in [6.07, 6.45) is 0.619. The molecule has 0 spiro atoms.